The Morgan fingerprint density at radius 2 is 1.93 bits per heavy atom. The van der Waals surface area contributed by atoms with Crippen molar-refractivity contribution in [2.75, 3.05) is 19.3 Å². The van der Waals surface area contributed by atoms with E-state index in [0.717, 1.165) is 11.8 Å². The number of carbonyl (C=O) groups is 2. The van der Waals surface area contributed by atoms with Gasteiger partial charge in [0.25, 0.3) is 0 Å². The molecule has 14 heavy (non-hydrogen) atoms. The Hall–Kier alpha value is -0.710. The fraction of sp³-hybridized carbons (Fsp3) is 0.778. The lowest BCUT2D eigenvalue weighted by Gasteiger charge is -2.20. The lowest BCUT2D eigenvalue weighted by atomic mass is 10.2. The highest BCUT2D eigenvalue weighted by atomic mass is 32.2. The van der Waals surface area contributed by atoms with Crippen LogP contribution >= 0.6 is 11.8 Å². The summed E-state index contributed by atoms with van der Waals surface area (Å²) in [5, 5.41) is 8.80. The van der Waals surface area contributed by atoms with Gasteiger partial charge in [0.15, 0.2) is 0 Å². The zero-order chi connectivity index (χ0) is 11.4. The Kier molecular flexibility index (Phi) is 4.97. The molecule has 0 fully saturated rings. The minimum absolute atomic E-state index is 0.0353. The number of rotatable bonds is 5. The third-order valence-electron chi connectivity index (χ3n) is 1.97. The highest BCUT2D eigenvalue weighted by molar-refractivity contribution is 8.01. The van der Waals surface area contributed by atoms with Crippen LogP contribution in [-0.2, 0) is 9.59 Å². The van der Waals surface area contributed by atoms with Crippen LogP contribution in [0.3, 0.4) is 0 Å². The first kappa shape index (κ1) is 13.3. The summed E-state index contributed by atoms with van der Waals surface area (Å²) in [6.45, 7) is 5.72. The molecule has 0 spiro atoms. The summed E-state index contributed by atoms with van der Waals surface area (Å²) in [6.07, 6.45) is 0. The van der Waals surface area contributed by atoms with E-state index in [1.54, 1.807) is 25.8 Å². The van der Waals surface area contributed by atoms with Crippen molar-refractivity contribution in [3.8, 4) is 0 Å². The van der Waals surface area contributed by atoms with Gasteiger partial charge in [-0.25, -0.2) is 0 Å². The minimum Gasteiger partial charge on any atom is -0.480 e. The highest BCUT2D eigenvalue weighted by Gasteiger charge is 2.28. The monoisotopic (exact) mass is 219 g/mol. The largest absolute Gasteiger partial charge is 0.480 e. The second kappa shape index (κ2) is 5.24. The van der Waals surface area contributed by atoms with Gasteiger partial charge in [0.1, 0.15) is 4.75 Å². The molecule has 0 unspecified atom stereocenters. The number of hydrogen-bond acceptors (Lipinski definition) is 3. The van der Waals surface area contributed by atoms with Crippen LogP contribution in [0, 0.1) is 0 Å². The summed E-state index contributed by atoms with van der Waals surface area (Å²) in [5.74, 6) is -0.717. The number of hydrogen-bond donors (Lipinski definition) is 1. The van der Waals surface area contributed by atoms with E-state index in [1.807, 2.05) is 6.92 Å². The number of aliphatic carboxylic acids is 1. The molecule has 0 radical (unpaired) electrons. The molecule has 0 aliphatic heterocycles. The van der Waals surface area contributed by atoms with Crippen LogP contribution in [0.5, 0.6) is 0 Å². The molecule has 0 heterocycles. The van der Waals surface area contributed by atoms with Crippen LogP contribution in [0.1, 0.15) is 20.8 Å². The molecule has 0 atom stereocenters. The predicted octanol–water partition coefficient (Wildman–Crippen LogP) is 1.06. The van der Waals surface area contributed by atoms with Crippen LogP contribution in [0.2, 0.25) is 0 Å². The molecule has 4 nitrogen and oxygen atoms in total. The molecular formula is C9H17NO3S. The number of thioether (sulfide) groups is 1. The van der Waals surface area contributed by atoms with Crippen LogP contribution in [0.15, 0.2) is 0 Å². The van der Waals surface area contributed by atoms with Gasteiger partial charge in [-0.05, 0) is 20.8 Å². The van der Waals surface area contributed by atoms with Gasteiger partial charge in [-0.1, -0.05) is 0 Å². The molecule has 0 aliphatic carbocycles. The van der Waals surface area contributed by atoms with Crippen LogP contribution in [0.25, 0.3) is 0 Å². The van der Waals surface area contributed by atoms with E-state index >= 15 is 0 Å². The Morgan fingerprint density at radius 3 is 2.29 bits per heavy atom. The zero-order valence-electron chi connectivity index (χ0n) is 9.03. The number of carboxylic acid groups (broad SMARTS) is 1. The van der Waals surface area contributed by atoms with Crippen molar-refractivity contribution in [3.63, 3.8) is 0 Å². The Labute approximate surface area is 88.7 Å². The lowest BCUT2D eigenvalue weighted by Crippen LogP contribution is -2.33. The molecule has 82 valence electrons. The maximum Gasteiger partial charge on any atom is 0.319 e. The van der Waals surface area contributed by atoms with Gasteiger partial charge in [-0.15, -0.1) is 11.8 Å². The average Bonchev–Trinajstić information content (AvgIpc) is 2.12. The molecule has 0 bridgehead atoms. The van der Waals surface area contributed by atoms with Crippen molar-refractivity contribution < 1.29 is 14.7 Å². The van der Waals surface area contributed by atoms with Gasteiger partial charge in [-0.2, -0.15) is 0 Å². The molecule has 5 heteroatoms. The van der Waals surface area contributed by atoms with Crippen LogP contribution in [0.4, 0.5) is 0 Å². The molecule has 0 aromatic rings. The topological polar surface area (TPSA) is 57.6 Å². The number of carboxylic acids is 1. The lowest BCUT2D eigenvalue weighted by molar-refractivity contribution is -0.138. The van der Waals surface area contributed by atoms with Crippen LogP contribution < -0.4 is 0 Å². The standard InChI is InChI=1S/C9H17NO3S/c1-5-10(4)7(11)6-14-9(2,3)8(12)13/h5-6H2,1-4H3,(H,12,13). The van der Waals surface area contributed by atoms with Crippen molar-refractivity contribution in [1.29, 1.82) is 0 Å². The third kappa shape index (κ3) is 4.00. The van der Waals surface area contributed by atoms with Gasteiger partial charge in [-0.3, -0.25) is 9.59 Å². The van der Waals surface area contributed by atoms with Crippen molar-refractivity contribution in [3.05, 3.63) is 0 Å². The molecule has 0 rings (SSSR count). The van der Waals surface area contributed by atoms with Crippen LogP contribution in [-0.4, -0.2) is 46.0 Å². The number of nitrogens with zero attached hydrogens (tertiary/aromatic N) is 1. The molecule has 1 N–H and O–H groups in total. The molecule has 0 aromatic heterocycles. The molecule has 0 aliphatic rings. The molecule has 1 amide bonds. The Balaban J connectivity index is 4.06. The van der Waals surface area contributed by atoms with Gasteiger partial charge in [0.2, 0.25) is 5.91 Å². The van der Waals surface area contributed by atoms with Crippen molar-refractivity contribution in [2.45, 2.75) is 25.5 Å². The first-order chi connectivity index (χ1) is 6.31. The van der Waals surface area contributed by atoms with Crippen molar-refractivity contribution in [1.82, 2.24) is 4.90 Å². The first-order valence-electron chi connectivity index (χ1n) is 4.42. The van der Waals surface area contributed by atoms with E-state index in [9.17, 15) is 9.59 Å². The van der Waals surface area contributed by atoms with Gasteiger partial charge < -0.3 is 10.0 Å². The summed E-state index contributed by atoms with van der Waals surface area (Å²) in [7, 11) is 1.71. The first-order valence-corrected chi connectivity index (χ1v) is 5.41. The van der Waals surface area contributed by atoms with E-state index in [4.69, 9.17) is 5.11 Å². The smallest absolute Gasteiger partial charge is 0.319 e. The van der Waals surface area contributed by atoms with Gasteiger partial charge in [0, 0.05) is 13.6 Å². The van der Waals surface area contributed by atoms with Gasteiger partial charge in [0.05, 0.1) is 5.75 Å². The fourth-order valence-electron chi connectivity index (χ4n) is 0.590. The minimum atomic E-state index is -0.899. The summed E-state index contributed by atoms with van der Waals surface area (Å²) in [4.78, 5) is 23.7. The fourth-order valence-corrected chi connectivity index (χ4v) is 1.42. The van der Waals surface area contributed by atoms with Crippen molar-refractivity contribution in [2.24, 2.45) is 0 Å². The van der Waals surface area contributed by atoms with E-state index in [2.05, 4.69) is 0 Å². The number of carbonyl (C=O) groups excluding carboxylic acids is 1. The summed E-state index contributed by atoms with van der Waals surface area (Å²) in [5.41, 5.74) is 0. The maximum atomic E-state index is 11.4. The quantitative estimate of drug-likeness (QED) is 0.751. The Bertz CT molecular complexity index is 228. The van der Waals surface area contributed by atoms with Gasteiger partial charge >= 0.3 is 5.97 Å². The summed E-state index contributed by atoms with van der Waals surface area (Å²) >= 11 is 1.15. The molecule has 0 saturated heterocycles. The normalized spacial score (nSPS) is 11.1. The van der Waals surface area contributed by atoms with E-state index in [1.165, 1.54) is 0 Å². The SMILES string of the molecule is CCN(C)C(=O)CSC(C)(C)C(=O)O. The predicted molar refractivity (Wildman–Crippen MR) is 57.5 cm³/mol. The van der Waals surface area contributed by atoms with E-state index in [0.29, 0.717) is 6.54 Å². The average molecular weight is 219 g/mol. The highest BCUT2D eigenvalue weighted by Crippen LogP contribution is 2.24. The molecule has 0 saturated carbocycles. The summed E-state index contributed by atoms with van der Waals surface area (Å²) in [6, 6.07) is 0. The maximum absolute atomic E-state index is 11.4. The summed E-state index contributed by atoms with van der Waals surface area (Å²) < 4.78 is -0.899. The molecular weight excluding hydrogens is 202 g/mol. The Morgan fingerprint density at radius 1 is 1.43 bits per heavy atom. The van der Waals surface area contributed by atoms with E-state index in [-0.39, 0.29) is 11.7 Å². The number of amides is 1. The van der Waals surface area contributed by atoms with E-state index < -0.39 is 10.7 Å². The van der Waals surface area contributed by atoms with Crippen molar-refractivity contribution >= 4 is 23.6 Å². The second-order valence-corrected chi connectivity index (χ2v) is 5.11. The second-order valence-electron chi connectivity index (χ2n) is 3.51. The molecule has 0 aromatic carbocycles. The third-order valence-corrected chi connectivity index (χ3v) is 3.26. The zero-order valence-corrected chi connectivity index (χ0v) is 9.85.